The molecule has 0 fully saturated rings. The highest BCUT2D eigenvalue weighted by Gasteiger charge is 2.25. The van der Waals surface area contributed by atoms with Gasteiger partial charge in [-0.1, -0.05) is 22.0 Å². The Balaban J connectivity index is 1.93. The van der Waals surface area contributed by atoms with Crippen molar-refractivity contribution < 1.29 is 4.74 Å². The first-order valence-corrected chi connectivity index (χ1v) is 6.61. The Morgan fingerprint density at radius 1 is 1.44 bits per heavy atom. The Bertz CT molecular complexity index is 475. The predicted octanol–water partition coefficient (Wildman–Crippen LogP) is 3.39. The molecule has 0 spiro atoms. The molecule has 1 unspecified atom stereocenters. The number of halogens is 1. The Morgan fingerprint density at radius 3 is 2.83 bits per heavy atom. The molecule has 1 aliphatic heterocycles. The summed E-state index contributed by atoms with van der Waals surface area (Å²) in [5.74, 6) is 0.796. The van der Waals surface area contributed by atoms with E-state index >= 15 is 0 Å². The van der Waals surface area contributed by atoms with Crippen molar-refractivity contribution >= 4 is 33.3 Å². The standard InChI is InChI=1S/C12H12BrN3OS/c1-2-7-16-11(14-15-12(16)18)8-17-10-5-3-9(13)4-6-10/h2-6,11H,1,7-8H2. The lowest BCUT2D eigenvalue weighted by atomic mass is 10.3. The summed E-state index contributed by atoms with van der Waals surface area (Å²) in [5.41, 5.74) is 0. The van der Waals surface area contributed by atoms with Crippen LogP contribution in [-0.2, 0) is 0 Å². The first-order valence-electron chi connectivity index (χ1n) is 5.41. The minimum Gasteiger partial charge on any atom is -0.489 e. The molecule has 0 saturated carbocycles. The van der Waals surface area contributed by atoms with Crippen molar-refractivity contribution in [3.8, 4) is 5.75 Å². The van der Waals surface area contributed by atoms with Gasteiger partial charge in [-0.25, -0.2) is 0 Å². The lowest BCUT2D eigenvalue weighted by Crippen LogP contribution is -2.36. The molecule has 0 radical (unpaired) electrons. The van der Waals surface area contributed by atoms with Crippen molar-refractivity contribution in [2.75, 3.05) is 13.2 Å². The molecule has 2 rings (SSSR count). The average molecular weight is 326 g/mol. The van der Waals surface area contributed by atoms with Crippen molar-refractivity contribution in [3.63, 3.8) is 0 Å². The maximum Gasteiger partial charge on any atom is 0.218 e. The number of hydrogen-bond acceptors (Lipinski definition) is 3. The Kier molecular flexibility index (Phi) is 4.43. The summed E-state index contributed by atoms with van der Waals surface area (Å²) in [7, 11) is 0. The molecule has 1 aromatic rings. The maximum atomic E-state index is 5.66. The Hall–Kier alpha value is -1.27. The Labute approximate surface area is 119 Å². The van der Waals surface area contributed by atoms with Crippen LogP contribution in [0.2, 0.25) is 0 Å². The summed E-state index contributed by atoms with van der Waals surface area (Å²) < 4.78 is 6.68. The second-order valence-electron chi connectivity index (χ2n) is 3.68. The molecular weight excluding hydrogens is 314 g/mol. The smallest absolute Gasteiger partial charge is 0.218 e. The van der Waals surface area contributed by atoms with Gasteiger partial charge in [-0.2, -0.15) is 5.11 Å². The van der Waals surface area contributed by atoms with Gasteiger partial charge in [-0.3, -0.25) is 0 Å². The number of rotatable bonds is 5. The third-order valence-corrected chi connectivity index (χ3v) is 3.27. The van der Waals surface area contributed by atoms with Crippen LogP contribution in [0.4, 0.5) is 0 Å². The van der Waals surface area contributed by atoms with Gasteiger partial charge in [0, 0.05) is 11.0 Å². The largest absolute Gasteiger partial charge is 0.489 e. The zero-order chi connectivity index (χ0) is 13.0. The van der Waals surface area contributed by atoms with E-state index in [-0.39, 0.29) is 6.17 Å². The van der Waals surface area contributed by atoms with Crippen LogP contribution in [0.15, 0.2) is 51.6 Å². The molecule has 6 heteroatoms. The molecule has 18 heavy (non-hydrogen) atoms. The van der Waals surface area contributed by atoms with Crippen LogP contribution in [0.25, 0.3) is 0 Å². The van der Waals surface area contributed by atoms with Crippen LogP contribution >= 0.6 is 28.1 Å². The molecule has 1 aromatic carbocycles. The molecule has 1 heterocycles. The molecule has 94 valence electrons. The fourth-order valence-corrected chi connectivity index (χ4v) is 2.03. The summed E-state index contributed by atoms with van der Waals surface area (Å²) in [6.07, 6.45) is 1.61. The lowest BCUT2D eigenvalue weighted by Gasteiger charge is -2.21. The zero-order valence-corrected chi connectivity index (χ0v) is 12.0. The fraction of sp³-hybridized carbons (Fsp3) is 0.250. The number of azo groups is 1. The molecular formula is C12H12BrN3OS. The minimum absolute atomic E-state index is 0.167. The normalized spacial score (nSPS) is 18.2. The highest BCUT2D eigenvalue weighted by Crippen LogP contribution is 2.18. The summed E-state index contributed by atoms with van der Waals surface area (Å²) in [4.78, 5) is 1.88. The third kappa shape index (κ3) is 3.14. The number of benzene rings is 1. The van der Waals surface area contributed by atoms with Crippen LogP contribution in [0.3, 0.4) is 0 Å². The van der Waals surface area contributed by atoms with E-state index < -0.39 is 0 Å². The van der Waals surface area contributed by atoms with E-state index in [2.05, 4.69) is 32.7 Å². The Morgan fingerprint density at radius 2 is 2.17 bits per heavy atom. The summed E-state index contributed by atoms with van der Waals surface area (Å²) in [6.45, 7) is 4.73. The van der Waals surface area contributed by atoms with Crippen molar-refractivity contribution in [2.24, 2.45) is 10.2 Å². The second-order valence-corrected chi connectivity index (χ2v) is 4.97. The molecule has 0 bridgehead atoms. The first-order chi connectivity index (χ1) is 8.70. The quantitative estimate of drug-likeness (QED) is 0.615. The number of nitrogens with zero attached hydrogens (tertiary/aromatic N) is 3. The molecule has 1 aliphatic rings. The third-order valence-electron chi connectivity index (χ3n) is 2.42. The van der Waals surface area contributed by atoms with Gasteiger partial charge in [0.15, 0.2) is 6.17 Å². The topological polar surface area (TPSA) is 37.2 Å². The van der Waals surface area contributed by atoms with Crippen molar-refractivity contribution in [3.05, 3.63) is 41.4 Å². The van der Waals surface area contributed by atoms with E-state index in [9.17, 15) is 0 Å². The van der Waals surface area contributed by atoms with Gasteiger partial charge in [0.2, 0.25) is 5.11 Å². The van der Waals surface area contributed by atoms with Crippen molar-refractivity contribution in [1.82, 2.24) is 4.90 Å². The average Bonchev–Trinajstić information content (AvgIpc) is 2.71. The molecule has 0 aliphatic carbocycles. The van der Waals surface area contributed by atoms with E-state index in [1.54, 1.807) is 6.08 Å². The highest BCUT2D eigenvalue weighted by molar-refractivity contribution is 9.10. The summed E-state index contributed by atoms with van der Waals surface area (Å²) >= 11 is 8.46. The number of hydrogen-bond donors (Lipinski definition) is 0. The monoisotopic (exact) mass is 325 g/mol. The minimum atomic E-state index is -0.167. The number of ether oxygens (including phenoxy) is 1. The molecule has 0 amide bonds. The van der Waals surface area contributed by atoms with Gasteiger partial charge in [0.25, 0.3) is 0 Å². The van der Waals surface area contributed by atoms with Crippen LogP contribution in [0, 0.1) is 0 Å². The van der Waals surface area contributed by atoms with Crippen molar-refractivity contribution in [1.29, 1.82) is 0 Å². The number of thiocarbonyl (C=S) groups is 1. The SMILES string of the molecule is C=CCN1C(=S)N=NC1COc1ccc(Br)cc1. The zero-order valence-electron chi connectivity index (χ0n) is 9.62. The van der Waals surface area contributed by atoms with Crippen molar-refractivity contribution in [2.45, 2.75) is 6.17 Å². The van der Waals surface area contributed by atoms with Gasteiger partial charge in [0.05, 0.1) is 0 Å². The molecule has 4 nitrogen and oxygen atoms in total. The highest BCUT2D eigenvalue weighted by atomic mass is 79.9. The lowest BCUT2D eigenvalue weighted by molar-refractivity contribution is 0.220. The van der Waals surface area contributed by atoms with Gasteiger partial charge in [-0.15, -0.1) is 11.7 Å². The first kappa shape index (κ1) is 13.2. The van der Waals surface area contributed by atoms with Gasteiger partial charge < -0.3 is 9.64 Å². The summed E-state index contributed by atoms with van der Waals surface area (Å²) in [6, 6.07) is 7.65. The van der Waals surface area contributed by atoms with E-state index in [0.717, 1.165) is 10.2 Å². The van der Waals surface area contributed by atoms with Crippen LogP contribution in [-0.4, -0.2) is 29.3 Å². The van der Waals surface area contributed by atoms with Gasteiger partial charge in [-0.05, 0) is 36.5 Å². The molecule has 0 saturated heterocycles. The summed E-state index contributed by atoms with van der Waals surface area (Å²) in [5, 5.41) is 8.45. The van der Waals surface area contributed by atoms with Crippen LogP contribution < -0.4 is 4.74 Å². The van der Waals surface area contributed by atoms with E-state index in [4.69, 9.17) is 17.0 Å². The maximum absolute atomic E-state index is 5.66. The molecule has 1 atom stereocenters. The van der Waals surface area contributed by atoms with Gasteiger partial charge in [0.1, 0.15) is 12.4 Å². The molecule has 0 N–H and O–H groups in total. The van der Waals surface area contributed by atoms with E-state index in [1.165, 1.54) is 0 Å². The fourth-order valence-electron chi connectivity index (χ4n) is 1.53. The van der Waals surface area contributed by atoms with E-state index in [0.29, 0.717) is 18.3 Å². The van der Waals surface area contributed by atoms with Gasteiger partial charge >= 0.3 is 0 Å². The second kappa shape index (κ2) is 6.06. The predicted molar refractivity (Wildman–Crippen MR) is 77.8 cm³/mol. The molecule has 0 aromatic heterocycles. The van der Waals surface area contributed by atoms with E-state index in [1.807, 2.05) is 29.2 Å². The van der Waals surface area contributed by atoms with Crippen LogP contribution in [0.1, 0.15) is 0 Å². The van der Waals surface area contributed by atoms with Crippen LogP contribution in [0.5, 0.6) is 5.75 Å².